The van der Waals surface area contributed by atoms with E-state index < -0.39 is 5.82 Å². The Balaban J connectivity index is 2.48. The first-order valence-electron chi connectivity index (χ1n) is 5.95. The minimum absolute atomic E-state index is 0.0849. The van der Waals surface area contributed by atoms with Crippen LogP contribution in [0.4, 0.5) is 4.39 Å². The molecular weight excluding hydrogens is 235 g/mol. The first-order valence-corrected chi connectivity index (χ1v) is 5.95. The van der Waals surface area contributed by atoms with Crippen molar-refractivity contribution in [1.82, 2.24) is 10.3 Å². The lowest BCUT2D eigenvalue weighted by molar-refractivity contribution is 0.0928. The second-order valence-corrected chi connectivity index (χ2v) is 5.04. The fraction of sp³-hybridized carbons (Fsp3) is 0.538. The van der Waals surface area contributed by atoms with E-state index in [0.29, 0.717) is 13.0 Å². The van der Waals surface area contributed by atoms with E-state index in [4.69, 9.17) is 5.11 Å². The zero-order valence-electron chi connectivity index (χ0n) is 10.7. The Hall–Kier alpha value is -1.49. The minimum Gasteiger partial charge on any atom is -0.396 e. The summed E-state index contributed by atoms with van der Waals surface area (Å²) in [6.07, 6.45) is 2.55. The molecule has 1 aromatic rings. The van der Waals surface area contributed by atoms with Crippen molar-refractivity contribution in [2.24, 2.45) is 5.41 Å². The summed E-state index contributed by atoms with van der Waals surface area (Å²) in [6, 6.07) is 2.56. The van der Waals surface area contributed by atoms with Gasteiger partial charge in [-0.3, -0.25) is 4.79 Å². The Kier molecular flexibility index (Phi) is 5.22. The van der Waals surface area contributed by atoms with Crippen molar-refractivity contribution in [2.75, 3.05) is 13.2 Å². The zero-order chi connectivity index (χ0) is 13.6. The Labute approximate surface area is 106 Å². The van der Waals surface area contributed by atoms with Crippen LogP contribution in [0.1, 0.15) is 37.2 Å². The summed E-state index contributed by atoms with van der Waals surface area (Å²) in [7, 11) is 0. The number of carbonyl (C=O) groups excluding carboxylic acids is 1. The Morgan fingerprint density at radius 1 is 1.50 bits per heavy atom. The van der Waals surface area contributed by atoms with Crippen LogP contribution >= 0.6 is 0 Å². The third-order valence-electron chi connectivity index (χ3n) is 2.70. The van der Waals surface area contributed by atoms with E-state index in [9.17, 15) is 9.18 Å². The van der Waals surface area contributed by atoms with Gasteiger partial charge in [-0.05, 0) is 30.4 Å². The predicted molar refractivity (Wildman–Crippen MR) is 66.6 cm³/mol. The molecule has 0 aliphatic heterocycles. The number of carbonyl (C=O) groups is 1. The number of halogens is 1. The molecular formula is C13H19FN2O2. The molecule has 0 saturated carbocycles. The van der Waals surface area contributed by atoms with Gasteiger partial charge in [0, 0.05) is 13.2 Å². The maximum atomic E-state index is 12.6. The first-order chi connectivity index (χ1) is 8.44. The Morgan fingerprint density at radius 3 is 2.78 bits per heavy atom. The smallest absolute Gasteiger partial charge is 0.269 e. The molecule has 0 spiro atoms. The minimum atomic E-state index is -0.463. The van der Waals surface area contributed by atoms with Crippen LogP contribution in [0.2, 0.25) is 0 Å². The van der Waals surface area contributed by atoms with Gasteiger partial charge in [0.15, 0.2) is 0 Å². The van der Waals surface area contributed by atoms with Gasteiger partial charge in [0.1, 0.15) is 11.5 Å². The quantitative estimate of drug-likeness (QED) is 0.813. The number of rotatable bonds is 6. The Morgan fingerprint density at radius 2 is 2.22 bits per heavy atom. The van der Waals surface area contributed by atoms with Gasteiger partial charge in [0.2, 0.25) is 0 Å². The molecule has 5 heteroatoms. The lowest BCUT2D eigenvalue weighted by Gasteiger charge is -2.24. The van der Waals surface area contributed by atoms with Gasteiger partial charge in [-0.15, -0.1) is 0 Å². The number of aromatic nitrogens is 1. The Bertz CT molecular complexity index is 390. The molecule has 18 heavy (non-hydrogen) atoms. The highest BCUT2D eigenvalue weighted by atomic mass is 19.1. The molecule has 0 unspecified atom stereocenters. The van der Waals surface area contributed by atoms with E-state index in [1.165, 1.54) is 12.1 Å². The van der Waals surface area contributed by atoms with Crippen molar-refractivity contribution in [1.29, 1.82) is 0 Å². The molecule has 0 fully saturated rings. The van der Waals surface area contributed by atoms with Crippen molar-refractivity contribution in [3.8, 4) is 0 Å². The van der Waals surface area contributed by atoms with Gasteiger partial charge in [-0.1, -0.05) is 13.8 Å². The SMILES string of the molecule is CC(C)(CCCO)CNC(=O)c1ccc(F)cn1. The third-order valence-corrected chi connectivity index (χ3v) is 2.70. The number of pyridine rings is 1. The van der Waals surface area contributed by atoms with Gasteiger partial charge in [0.25, 0.3) is 5.91 Å². The number of amides is 1. The van der Waals surface area contributed by atoms with Gasteiger partial charge in [-0.2, -0.15) is 0 Å². The van der Waals surface area contributed by atoms with Crippen LogP contribution in [0.3, 0.4) is 0 Å². The fourth-order valence-corrected chi connectivity index (χ4v) is 1.57. The van der Waals surface area contributed by atoms with Gasteiger partial charge < -0.3 is 10.4 Å². The van der Waals surface area contributed by atoms with Crippen LogP contribution in [0.15, 0.2) is 18.3 Å². The average Bonchev–Trinajstić information content (AvgIpc) is 2.35. The number of nitrogens with zero attached hydrogens (tertiary/aromatic N) is 1. The molecule has 0 atom stereocenters. The summed E-state index contributed by atoms with van der Waals surface area (Å²) in [4.78, 5) is 15.4. The lowest BCUT2D eigenvalue weighted by Crippen LogP contribution is -2.34. The number of nitrogens with one attached hydrogen (secondary N) is 1. The number of aliphatic hydroxyl groups excluding tert-OH is 1. The van der Waals surface area contributed by atoms with Crippen molar-refractivity contribution >= 4 is 5.91 Å². The van der Waals surface area contributed by atoms with Crippen LogP contribution < -0.4 is 5.32 Å². The molecule has 1 rings (SSSR count). The molecule has 0 radical (unpaired) electrons. The summed E-state index contributed by atoms with van der Waals surface area (Å²) in [5.41, 5.74) is 0.118. The number of hydrogen-bond donors (Lipinski definition) is 2. The highest BCUT2D eigenvalue weighted by Crippen LogP contribution is 2.20. The maximum absolute atomic E-state index is 12.6. The second-order valence-electron chi connectivity index (χ2n) is 5.04. The number of aliphatic hydroxyl groups is 1. The van der Waals surface area contributed by atoms with Crippen molar-refractivity contribution in [3.63, 3.8) is 0 Å². The van der Waals surface area contributed by atoms with Crippen LogP contribution in [0.25, 0.3) is 0 Å². The molecule has 1 heterocycles. The van der Waals surface area contributed by atoms with Crippen LogP contribution in [-0.2, 0) is 0 Å². The fourth-order valence-electron chi connectivity index (χ4n) is 1.57. The number of hydrogen-bond acceptors (Lipinski definition) is 3. The largest absolute Gasteiger partial charge is 0.396 e. The van der Waals surface area contributed by atoms with Crippen LogP contribution in [-0.4, -0.2) is 29.1 Å². The molecule has 1 amide bonds. The highest BCUT2D eigenvalue weighted by Gasteiger charge is 2.19. The van der Waals surface area contributed by atoms with Crippen LogP contribution in [0.5, 0.6) is 0 Å². The van der Waals surface area contributed by atoms with E-state index >= 15 is 0 Å². The summed E-state index contributed by atoms with van der Waals surface area (Å²) >= 11 is 0. The summed E-state index contributed by atoms with van der Waals surface area (Å²) in [6.45, 7) is 4.67. The summed E-state index contributed by atoms with van der Waals surface area (Å²) < 4.78 is 12.6. The van der Waals surface area contributed by atoms with E-state index in [1.807, 2.05) is 13.8 Å². The van der Waals surface area contributed by atoms with Crippen molar-refractivity contribution < 1.29 is 14.3 Å². The molecule has 100 valence electrons. The summed E-state index contributed by atoms with van der Waals surface area (Å²) in [5, 5.41) is 11.5. The second kappa shape index (κ2) is 6.44. The highest BCUT2D eigenvalue weighted by molar-refractivity contribution is 5.92. The van der Waals surface area contributed by atoms with E-state index in [-0.39, 0.29) is 23.6 Å². The van der Waals surface area contributed by atoms with Gasteiger partial charge in [-0.25, -0.2) is 9.37 Å². The van der Waals surface area contributed by atoms with Gasteiger partial charge >= 0.3 is 0 Å². The monoisotopic (exact) mass is 254 g/mol. The standard InChI is InChI=1S/C13H19FN2O2/c1-13(2,6-3-7-17)9-16-12(18)11-5-4-10(14)8-15-11/h4-5,8,17H,3,6-7,9H2,1-2H3,(H,16,18). The predicted octanol–water partition coefficient (Wildman–Crippen LogP) is 1.75. The lowest BCUT2D eigenvalue weighted by atomic mass is 9.88. The van der Waals surface area contributed by atoms with E-state index in [2.05, 4.69) is 10.3 Å². The normalized spacial score (nSPS) is 11.3. The first kappa shape index (κ1) is 14.6. The molecule has 0 aliphatic rings. The summed E-state index contributed by atoms with van der Waals surface area (Å²) in [5.74, 6) is -0.776. The van der Waals surface area contributed by atoms with E-state index in [1.54, 1.807) is 0 Å². The third kappa shape index (κ3) is 4.79. The molecule has 4 nitrogen and oxygen atoms in total. The van der Waals surface area contributed by atoms with E-state index in [0.717, 1.165) is 12.6 Å². The molecule has 1 aromatic heterocycles. The average molecular weight is 254 g/mol. The molecule has 0 bridgehead atoms. The van der Waals surface area contributed by atoms with Gasteiger partial charge in [0.05, 0.1) is 6.20 Å². The zero-order valence-corrected chi connectivity index (χ0v) is 10.7. The molecule has 2 N–H and O–H groups in total. The molecule has 0 aliphatic carbocycles. The molecule has 0 saturated heterocycles. The topological polar surface area (TPSA) is 62.2 Å². The van der Waals surface area contributed by atoms with Crippen molar-refractivity contribution in [3.05, 3.63) is 29.8 Å². The van der Waals surface area contributed by atoms with Crippen molar-refractivity contribution in [2.45, 2.75) is 26.7 Å². The maximum Gasteiger partial charge on any atom is 0.269 e. The molecule has 0 aromatic carbocycles. The van der Waals surface area contributed by atoms with Crippen LogP contribution in [0, 0.1) is 11.2 Å².